The van der Waals surface area contributed by atoms with Crippen LogP contribution in [0, 0.1) is 0 Å². The van der Waals surface area contributed by atoms with Gasteiger partial charge < -0.3 is 4.31 Å². The summed E-state index contributed by atoms with van der Waals surface area (Å²) in [4.78, 5) is 4.13. The number of hydrogen-bond donors (Lipinski definition) is 1. The molecular weight excluding hydrogens is 168 g/mol. The van der Waals surface area contributed by atoms with E-state index in [0.717, 1.165) is 11.4 Å². The van der Waals surface area contributed by atoms with Crippen LogP contribution in [0.3, 0.4) is 0 Å². The fourth-order valence-electron chi connectivity index (χ4n) is 0.733. The summed E-state index contributed by atoms with van der Waals surface area (Å²) in [5.74, 6) is 0.742. The number of rotatable bonds is 4. The van der Waals surface area contributed by atoms with Crippen LogP contribution in [0.25, 0.3) is 0 Å². The maximum absolute atomic E-state index is 4.14. The fourth-order valence-corrected chi connectivity index (χ4v) is 0.900. The van der Waals surface area contributed by atoms with Gasteiger partial charge in [0.1, 0.15) is 5.82 Å². The molecule has 0 aliphatic carbocycles. The number of hydrogen-bond acceptors (Lipinski definition) is 3. The van der Waals surface area contributed by atoms with E-state index >= 15 is 0 Å². The van der Waals surface area contributed by atoms with Crippen LogP contribution in [-0.2, 0) is 0 Å². The summed E-state index contributed by atoms with van der Waals surface area (Å²) >= 11 is 4.14. The minimum Gasteiger partial charge on any atom is -0.306 e. The molecule has 0 aromatic rings. The zero-order valence-corrected chi connectivity index (χ0v) is 8.38. The molecule has 0 saturated heterocycles. The lowest BCUT2D eigenvalue weighted by atomic mass is 10.2. The van der Waals surface area contributed by atoms with E-state index in [0.29, 0.717) is 0 Å². The first-order valence-electron chi connectivity index (χ1n) is 3.57. The average Bonchev–Trinajstić information content (AvgIpc) is 2.05. The quantitative estimate of drug-likeness (QED) is 0.401. The van der Waals surface area contributed by atoms with Gasteiger partial charge in [0.25, 0.3) is 0 Å². The van der Waals surface area contributed by atoms with E-state index in [9.17, 15) is 0 Å². The van der Waals surface area contributed by atoms with Gasteiger partial charge in [-0.2, -0.15) is 0 Å². The van der Waals surface area contributed by atoms with Crippen LogP contribution < -0.4 is 0 Å². The van der Waals surface area contributed by atoms with Gasteiger partial charge >= 0.3 is 0 Å². The van der Waals surface area contributed by atoms with Gasteiger partial charge in [0.2, 0.25) is 0 Å². The first kappa shape index (κ1) is 11.0. The lowest BCUT2D eigenvalue weighted by Gasteiger charge is -2.12. The highest BCUT2D eigenvalue weighted by atomic mass is 32.1. The van der Waals surface area contributed by atoms with Crippen molar-refractivity contribution in [3.05, 3.63) is 36.7 Å². The molecule has 0 amide bonds. The smallest absolute Gasteiger partial charge is 0.144 e. The summed E-state index contributed by atoms with van der Waals surface area (Å²) in [5, 5.41) is 0. The Morgan fingerprint density at radius 3 is 2.17 bits per heavy atom. The Kier molecular flexibility index (Phi) is 5.21. The molecule has 0 N–H and O–H groups in total. The van der Waals surface area contributed by atoms with Crippen molar-refractivity contribution >= 4 is 19.0 Å². The Bertz CT molecular complexity index is 217. The Balaban J connectivity index is 5.01. The highest BCUT2D eigenvalue weighted by Gasteiger charge is 2.00. The molecule has 3 heteroatoms. The summed E-state index contributed by atoms with van der Waals surface area (Å²) in [6.45, 7) is 9.16. The summed E-state index contributed by atoms with van der Waals surface area (Å²) in [5.41, 5.74) is 0.866. The Morgan fingerprint density at radius 1 is 1.42 bits per heavy atom. The van der Waals surface area contributed by atoms with Crippen LogP contribution in [0.1, 0.15) is 6.92 Å². The van der Waals surface area contributed by atoms with Crippen LogP contribution in [0.2, 0.25) is 0 Å². The number of aliphatic imine (C=N–C) groups is 1. The molecule has 0 spiro atoms. The molecule has 2 nitrogen and oxygen atoms in total. The van der Waals surface area contributed by atoms with E-state index < -0.39 is 0 Å². The molecule has 0 aromatic heterocycles. The standard InChI is InChI=1S/C9H14N2S/c1-5-8(6-2)9(10-7-3)11(4)12/h5-7,12H,1-2H2,3-4H3/b10-7-. The van der Waals surface area contributed by atoms with Gasteiger partial charge in [-0.1, -0.05) is 38.1 Å². The third kappa shape index (κ3) is 2.96. The molecule has 0 unspecified atom stereocenters. The van der Waals surface area contributed by atoms with Gasteiger partial charge in [-0.05, 0) is 6.92 Å². The highest BCUT2D eigenvalue weighted by Crippen LogP contribution is 2.13. The molecule has 0 aromatic carbocycles. The van der Waals surface area contributed by atoms with Crippen molar-refractivity contribution in [3.63, 3.8) is 0 Å². The molecule has 0 rings (SSSR count). The zero-order valence-electron chi connectivity index (χ0n) is 7.49. The Labute approximate surface area is 79.5 Å². The predicted octanol–water partition coefficient (Wildman–Crippen LogP) is 2.44. The van der Waals surface area contributed by atoms with Crippen LogP contribution in [0.5, 0.6) is 0 Å². The maximum atomic E-state index is 4.14. The molecule has 0 aliphatic rings. The largest absolute Gasteiger partial charge is 0.306 e. The van der Waals surface area contributed by atoms with E-state index in [1.165, 1.54) is 0 Å². The fraction of sp³-hybridized carbons (Fsp3) is 0.222. The molecule has 0 fully saturated rings. The normalized spacial score (nSPS) is 9.58. The molecule has 0 radical (unpaired) electrons. The third-order valence-electron chi connectivity index (χ3n) is 1.26. The first-order chi connectivity index (χ1) is 5.67. The van der Waals surface area contributed by atoms with Crippen molar-refractivity contribution in [1.82, 2.24) is 4.31 Å². The Morgan fingerprint density at radius 2 is 1.92 bits per heavy atom. The van der Waals surface area contributed by atoms with Gasteiger partial charge in [0.05, 0.1) is 0 Å². The highest BCUT2D eigenvalue weighted by molar-refractivity contribution is 7.77. The van der Waals surface area contributed by atoms with Crippen LogP contribution >= 0.6 is 12.8 Å². The van der Waals surface area contributed by atoms with Gasteiger partial charge in [0, 0.05) is 18.8 Å². The second-order valence-electron chi connectivity index (χ2n) is 2.10. The van der Waals surface area contributed by atoms with Crippen molar-refractivity contribution in [2.75, 3.05) is 7.05 Å². The topological polar surface area (TPSA) is 15.6 Å². The van der Waals surface area contributed by atoms with Gasteiger partial charge in [-0.15, -0.1) is 0 Å². The van der Waals surface area contributed by atoms with Crippen molar-refractivity contribution in [1.29, 1.82) is 0 Å². The molecule has 12 heavy (non-hydrogen) atoms. The van der Waals surface area contributed by atoms with Crippen molar-refractivity contribution in [3.8, 4) is 0 Å². The van der Waals surface area contributed by atoms with E-state index in [2.05, 4.69) is 31.0 Å². The second kappa shape index (κ2) is 5.66. The summed E-state index contributed by atoms with van der Waals surface area (Å²) in [7, 11) is 1.80. The lowest BCUT2D eigenvalue weighted by molar-refractivity contribution is 0.696. The monoisotopic (exact) mass is 182 g/mol. The minimum absolute atomic E-state index is 0.742. The Hall–Kier alpha value is -0.960. The van der Waals surface area contributed by atoms with Crippen molar-refractivity contribution < 1.29 is 0 Å². The van der Waals surface area contributed by atoms with Gasteiger partial charge in [0.15, 0.2) is 0 Å². The summed E-state index contributed by atoms with van der Waals surface area (Å²) in [6, 6.07) is 0. The van der Waals surface area contributed by atoms with Crippen LogP contribution in [0.15, 0.2) is 41.7 Å². The summed E-state index contributed by atoms with van der Waals surface area (Å²) < 4.78 is 1.62. The van der Waals surface area contributed by atoms with Crippen molar-refractivity contribution in [2.24, 2.45) is 4.99 Å². The summed E-state index contributed by atoms with van der Waals surface area (Å²) in [6.07, 6.45) is 5.10. The number of nitrogens with zero attached hydrogens (tertiary/aromatic N) is 2. The SMILES string of the molecule is C=CC(C=C)=C(/N=C\C)N(C)S. The van der Waals surface area contributed by atoms with E-state index in [4.69, 9.17) is 0 Å². The molecule has 0 saturated carbocycles. The number of thiol groups is 1. The predicted molar refractivity (Wildman–Crippen MR) is 58.3 cm³/mol. The second-order valence-corrected chi connectivity index (χ2v) is 2.70. The van der Waals surface area contributed by atoms with Crippen LogP contribution in [-0.4, -0.2) is 17.6 Å². The van der Waals surface area contributed by atoms with E-state index in [-0.39, 0.29) is 0 Å². The van der Waals surface area contributed by atoms with Gasteiger partial charge in [-0.25, -0.2) is 4.99 Å². The van der Waals surface area contributed by atoms with E-state index in [1.54, 1.807) is 29.7 Å². The van der Waals surface area contributed by atoms with Crippen molar-refractivity contribution in [2.45, 2.75) is 6.92 Å². The maximum Gasteiger partial charge on any atom is 0.144 e. The van der Waals surface area contributed by atoms with Gasteiger partial charge in [-0.3, -0.25) is 0 Å². The molecule has 0 heterocycles. The molecule has 0 bridgehead atoms. The lowest BCUT2D eigenvalue weighted by Crippen LogP contribution is -2.04. The molecule has 0 atom stereocenters. The average molecular weight is 182 g/mol. The molecule has 66 valence electrons. The zero-order chi connectivity index (χ0) is 9.56. The number of allylic oxidation sites excluding steroid dienone is 3. The van der Waals surface area contributed by atoms with Crippen LogP contribution in [0.4, 0.5) is 0 Å². The van der Waals surface area contributed by atoms with E-state index in [1.807, 2.05) is 6.92 Å². The molecule has 0 aliphatic heterocycles. The minimum atomic E-state index is 0.742. The third-order valence-corrected chi connectivity index (χ3v) is 1.45. The first-order valence-corrected chi connectivity index (χ1v) is 3.97. The molecular formula is C9H14N2S.